The summed E-state index contributed by atoms with van der Waals surface area (Å²) in [5.41, 5.74) is 0.531. The Hall–Kier alpha value is -1.96. The maximum Gasteiger partial charge on any atom is 0.311 e. The number of rotatable bonds is 7. The first kappa shape index (κ1) is 15.4. The molecule has 8 heteroatoms. The highest BCUT2D eigenvalue weighted by Gasteiger charge is 2.31. The fourth-order valence-corrected chi connectivity index (χ4v) is 2.26. The van der Waals surface area contributed by atoms with E-state index < -0.39 is 5.91 Å². The first-order valence-corrected chi connectivity index (χ1v) is 7.53. The van der Waals surface area contributed by atoms with Crippen molar-refractivity contribution in [2.75, 3.05) is 18.5 Å². The summed E-state index contributed by atoms with van der Waals surface area (Å²) in [5.74, 6) is -1.17. The van der Waals surface area contributed by atoms with Crippen molar-refractivity contribution in [1.82, 2.24) is 4.98 Å². The third-order valence-corrected chi connectivity index (χ3v) is 3.49. The molecule has 21 heavy (non-hydrogen) atoms. The van der Waals surface area contributed by atoms with Crippen LogP contribution in [0, 0.1) is 5.92 Å². The lowest BCUT2D eigenvalue weighted by Crippen LogP contribution is -2.21. The van der Waals surface area contributed by atoms with Gasteiger partial charge in [-0.05, 0) is 19.8 Å². The zero-order valence-electron chi connectivity index (χ0n) is 11.6. The zero-order chi connectivity index (χ0) is 15.2. The van der Waals surface area contributed by atoms with Crippen molar-refractivity contribution < 1.29 is 23.9 Å². The Morgan fingerprint density at radius 1 is 1.38 bits per heavy atom. The number of aromatic nitrogens is 1. The second kappa shape index (κ2) is 7.16. The van der Waals surface area contributed by atoms with Crippen molar-refractivity contribution >= 4 is 34.3 Å². The van der Waals surface area contributed by atoms with Crippen molar-refractivity contribution in [3.63, 3.8) is 0 Å². The van der Waals surface area contributed by atoms with Gasteiger partial charge >= 0.3 is 11.9 Å². The zero-order valence-corrected chi connectivity index (χ0v) is 12.4. The number of anilines is 1. The Morgan fingerprint density at radius 2 is 2.14 bits per heavy atom. The molecular weight excluding hydrogens is 296 g/mol. The van der Waals surface area contributed by atoms with E-state index in [1.165, 1.54) is 11.3 Å². The second-order valence-electron chi connectivity index (χ2n) is 4.56. The molecule has 1 aliphatic rings. The number of nitrogens with one attached hydrogen (secondary N) is 1. The molecule has 7 nitrogen and oxygen atoms in total. The summed E-state index contributed by atoms with van der Waals surface area (Å²) < 4.78 is 9.67. The fraction of sp³-hybridized carbons (Fsp3) is 0.538. The molecular formula is C13H16N2O5S. The molecule has 0 unspecified atom stereocenters. The summed E-state index contributed by atoms with van der Waals surface area (Å²) in [5, 5.41) is 4.55. The van der Waals surface area contributed by atoms with Crippen molar-refractivity contribution in [2.24, 2.45) is 5.92 Å². The molecule has 0 spiro atoms. The molecule has 0 atom stereocenters. The van der Waals surface area contributed by atoms with E-state index >= 15 is 0 Å². The maximum absolute atomic E-state index is 11.6. The van der Waals surface area contributed by atoms with E-state index in [0.29, 0.717) is 17.4 Å². The second-order valence-corrected chi connectivity index (χ2v) is 5.41. The molecule has 2 rings (SSSR count). The quantitative estimate of drug-likeness (QED) is 0.759. The molecule has 1 N–H and O–H groups in total. The Balaban J connectivity index is 1.74. The maximum atomic E-state index is 11.6. The molecule has 114 valence electrons. The molecule has 1 aliphatic carbocycles. The van der Waals surface area contributed by atoms with Gasteiger partial charge in [0.05, 0.1) is 24.6 Å². The summed E-state index contributed by atoms with van der Waals surface area (Å²) in [6.07, 6.45) is 1.74. The van der Waals surface area contributed by atoms with Gasteiger partial charge in [-0.1, -0.05) is 0 Å². The van der Waals surface area contributed by atoms with Crippen LogP contribution in [0.4, 0.5) is 5.13 Å². The van der Waals surface area contributed by atoms with Crippen LogP contribution < -0.4 is 5.32 Å². The van der Waals surface area contributed by atoms with Gasteiger partial charge in [0.2, 0.25) is 0 Å². The minimum Gasteiger partial charge on any atom is -0.466 e. The smallest absolute Gasteiger partial charge is 0.311 e. The summed E-state index contributed by atoms with van der Waals surface area (Å²) in [4.78, 5) is 38.2. The van der Waals surface area contributed by atoms with Crippen molar-refractivity contribution in [1.29, 1.82) is 0 Å². The SMILES string of the molecule is CCOC(=O)Cc1csc(NC(=O)COC(=O)C2CC2)n1. The van der Waals surface area contributed by atoms with Crippen LogP contribution in [0.5, 0.6) is 0 Å². The van der Waals surface area contributed by atoms with Crippen molar-refractivity contribution in [2.45, 2.75) is 26.2 Å². The van der Waals surface area contributed by atoms with Crippen LogP contribution in [0.1, 0.15) is 25.5 Å². The normalized spacial score (nSPS) is 13.6. The molecule has 1 heterocycles. The predicted molar refractivity (Wildman–Crippen MR) is 74.8 cm³/mol. The number of hydrogen-bond acceptors (Lipinski definition) is 7. The van der Waals surface area contributed by atoms with E-state index in [1.54, 1.807) is 12.3 Å². The fourth-order valence-electron chi connectivity index (χ4n) is 1.53. The number of amides is 1. The minimum atomic E-state index is -0.443. The van der Waals surface area contributed by atoms with E-state index in [2.05, 4.69) is 10.3 Å². The highest BCUT2D eigenvalue weighted by Crippen LogP contribution is 2.29. The number of thiazole rings is 1. The number of nitrogens with zero attached hydrogens (tertiary/aromatic N) is 1. The standard InChI is InChI=1S/C13H16N2O5S/c1-2-19-11(17)5-9-7-21-13(14-9)15-10(16)6-20-12(18)8-3-4-8/h7-8H,2-6H2,1H3,(H,14,15,16). The molecule has 1 fully saturated rings. The topological polar surface area (TPSA) is 94.6 Å². The van der Waals surface area contributed by atoms with Gasteiger partial charge in [-0.3, -0.25) is 19.7 Å². The first-order valence-electron chi connectivity index (χ1n) is 6.65. The Kier molecular flexibility index (Phi) is 5.26. The van der Waals surface area contributed by atoms with Gasteiger partial charge in [-0.25, -0.2) is 4.98 Å². The summed E-state index contributed by atoms with van der Waals surface area (Å²) in [6, 6.07) is 0. The lowest BCUT2D eigenvalue weighted by atomic mass is 10.3. The third-order valence-electron chi connectivity index (χ3n) is 2.69. The molecule has 1 aromatic rings. The Bertz CT molecular complexity index is 538. The van der Waals surface area contributed by atoms with Gasteiger partial charge in [0, 0.05) is 5.38 Å². The molecule has 0 radical (unpaired) electrons. The van der Waals surface area contributed by atoms with Gasteiger partial charge in [0.15, 0.2) is 11.7 Å². The van der Waals surface area contributed by atoms with Crippen LogP contribution in [-0.2, 0) is 30.3 Å². The number of ether oxygens (including phenoxy) is 2. The Morgan fingerprint density at radius 3 is 2.81 bits per heavy atom. The van der Waals surface area contributed by atoms with E-state index in [9.17, 15) is 14.4 Å². The lowest BCUT2D eigenvalue weighted by molar-refractivity contribution is -0.148. The monoisotopic (exact) mass is 312 g/mol. The van der Waals surface area contributed by atoms with E-state index in [4.69, 9.17) is 9.47 Å². The van der Waals surface area contributed by atoms with Gasteiger partial charge in [0.25, 0.3) is 5.91 Å². The van der Waals surface area contributed by atoms with E-state index in [0.717, 1.165) is 12.8 Å². The molecule has 0 aliphatic heterocycles. The van der Waals surface area contributed by atoms with Crippen LogP contribution in [-0.4, -0.2) is 36.0 Å². The van der Waals surface area contributed by atoms with E-state index in [1.807, 2.05) is 0 Å². The molecule has 0 saturated heterocycles. The number of esters is 2. The number of hydrogen-bond donors (Lipinski definition) is 1. The van der Waals surface area contributed by atoms with Crippen LogP contribution in [0.2, 0.25) is 0 Å². The number of carbonyl (C=O) groups is 3. The first-order chi connectivity index (χ1) is 10.1. The molecule has 0 bridgehead atoms. The van der Waals surface area contributed by atoms with Crippen LogP contribution in [0.15, 0.2) is 5.38 Å². The highest BCUT2D eigenvalue weighted by atomic mass is 32.1. The Labute approximate surface area is 125 Å². The van der Waals surface area contributed by atoms with Gasteiger partial charge < -0.3 is 9.47 Å². The predicted octanol–water partition coefficient (Wildman–Crippen LogP) is 1.14. The largest absolute Gasteiger partial charge is 0.466 e. The number of carbonyl (C=O) groups excluding carboxylic acids is 3. The van der Waals surface area contributed by atoms with Crippen LogP contribution >= 0.6 is 11.3 Å². The lowest BCUT2D eigenvalue weighted by Gasteiger charge is -2.03. The van der Waals surface area contributed by atoms with Gasteiger partial charge in [-0.2, -0.15) is 0 Å². The molecule has 1 saturated carbocycles. The molecule has 1 aromatic heterocycles. The van der Waals surface area contributed by atoms with Crippen molar-refractivity contribution in [3.05, 3.63) is 11.1 Å². The van der Waals surface area contributed by atoms with Gasteiger partial charge in [0.1, 0.15) is 0 Å². The average Bonchev–Trinajstić information content (AvgIpc) is 3.20. The third kappa shape index (κ3) is 5.14. The summed E-state index contributed by atoms with van der Waals surface area (Å²) in [7, 11) is 0. The molecule has 1 amide bonds. The van der Waals surface area contributed by atoms with Crippen LogP contribution in [0.25, 0.3) is 0 Å². The minimum absolute atomic E-state index is 0.0335. The van der Waals surface area contributed by atoms with E-state index in [-0.39, 0.29) is 30.9 Å². The van der Waals surface area contributed by atoms with Crippen LogP contribution in [0.3, 0.4) is 0 Å². The molecule has 0 aromatic carbocycles. The summed E-state index contributed by atoms with van der Waals surface area (Å²) >= 11 is 1.20. The van der Waals surface area contributed by atoms with Gasteiger partial charge in [-0.15, -0.1) is 11.3 Å². The summed E-state index contributed by atoms with van der Waals surface area (Å²) in [6.45, 7) is 1.73. The van der Waals surface area contributed by atoms with Crippen molar-refractivity contribution in [3.8, 4) is 0 Å². The average molecular weight is 312 g/mol. The highest BCUT2D eigenvalue weighted by molar-refractivity contribution is 7.13.